The number of carbonyl (C=O) groups excluding carboxylic acids is 1. The van der Waals surface area contributed by atoms with Crippen LogP contribution in [0.25, 0.3) is 0 Å². The number of ether oxygens (including phenoxy) is 2. The van der Waals surface area contributed by atoms with Crippen molar-refractivity contribution in [3.8, 4) is 5.75 Å². The summed E-state index contributed by atoms with van der Waals surface area (Å²) >= 11 is 0. The largest absolute Gasteiger partial charge is 0.491 e. The summed E-state index contributed by atoms with van der Waals surface area (Å²) in [5.41, 5.74) is 2.85. The van der Waals surface area contributed by atoms with Crippen molar-refractivity contribution in [3.05, 3.63) is 77.4 Å². The highest BCUT2D eigenvalue weighted by Gasteiger charge is 2.37. The summed E-state index contributed by atoms with van der Waals surface area (Å²) < 4.78 is 77.4. The number of likely N-dealkylation sites (N-methyl/N-ethyl adjacent to an activating group) is 1. The zero-order chi connectivity index (χ0) is 33.5. The summed E-state index contributed by atoms with van der Waals surface area (Å²) in [6.07, 6.45) is -2.80. The first kappa shape index (κ1) is 35.9. The minimum absolute atomic E-state index is 0.01000. The maximum Gasteiger partial charge on any atom is 0.390 e. The van der Waals surface area contributed by atoms with Crippen LogP contribution in [0.4, 0.5) is 13.2 Å². The molecule has 2 aliphatic rings. The monoisotopic (exact) mass is 667 g/mol. The van der Waals surface area contributed by atoms with Gasteiger partial charge in [-0.1, -0.05) is 48.6 Å². The molecule has 3 N–H and O–H groups in total. The fourth-order valence-electron chi connectivity index (χ4n) is 5.82. The van der Waals surface area contributed by atoms with Crippen LogP contribution in [0.3, 0.4) is 0 Å². The van der Waals surface area contributed by atoms with E-state index in [2.05, 4.69) is 10.6 Å². The number of aliphatic hydroxyl groups excluding tert-OH is 1. The van der Waals surface area contributed by atoms with Crippen LogP contribution in [0.15, 0.2) is 60.7 Å². The van der Waals surface area contributed by atoms with Crippen molar-refractivity contribution in [3.63, 3.8) is 0 Å². The number of carbonyl (C=O) groups is 1. The second kappa shape index (κ2) is 15.7. The standard InChI is InChI=1S/C33H44F3N3O6S/c1-22(2)45-24-13-14-25-26(19-24)27-20-31(25)44-16-9-5-8-12-29(39(3)46(42,43)17-15-33(34,35)36)32(41)38-28(30(40)21-37-27)18-23-10-6-4-7-11-23/h4-7,9-11,13-14,19,22,27-31,37,40H,8,12,15-18,20-21H2,1-3H3,(H,38,41)/b9-5-/t27-,28+,29-,30-,31+/m1/s1. The van der Waals surface area contributed by atoms with Gasteiger partial charge in [-0.25, -0.2) is 8.42 Å². The first-order chi connectivity index (χ1) is 21.7. The van der Waals surface area contributed by atoms with Crippen LogP contribution >= 0.6 is 0 Å². The Kier molecular flexibility index (Phi) is 12.3. The lowest BCUT2D eigenvalue weighted by Gasteiger charge is -2.31. The van der Waals surface area contributed by atoms with Gasteiger partial charge in [-0.2, -0.15) is 17.5 Å². The van der Waals surface area contributed by atoms with Crippen molar-refractivity contribution in [2.45, 2.75) is 88.6 Å². The molecule has 5 atom stereocenters. The second-order valence-corrected chi connectivity index (χ2v) is 14.3. The van der Waals surface area contributed by atoms with Gasteiger partial charge in [0.25, 0.3) is 0 Å². The fraction of sp³-hybridized carbons (Fsp3) is 0.545. The van der Waals surface area contributed by atoms with Gasteiger partial charge < -0.3 is 25.2 Å². The van der Waals surface area contributed by atoms with E-state index < -0.39 is 52.5 Å². The Labute approximate surface area is 269 Å². The van der Waals surface area contributed by atoms with Gasteiger partial charge in [0.05, 0.1) is 43.1 Å². The van der Waals surface area contributed by atoms with Crippen LogP contribution in [0.5, 0.6) is 5.75 Å². The Morgan fingerprint density at radius 1 is 1.11 bits per heavy atom. The van der Waals surface area contributed by atoms with Crippen molar-refractivity contribution in [2.24, 2.45) is 0 Å². The minimum Gasteiger partial charge on any atom is -0.491 e. The summed E-state index contributed by atoms with van der Waals surface area (Å²) in [6, 6.07) is 12.8. The molecule has 0 unspecified atom stereocenters. The number of nitrogens with zero attached hydrogens (tertiary/aromatic N) is 1. The van der Waals surface area contributed by atoms with E-state index in [9.17, 15) is 31.5 Å². The topological polar surface area (TPSA) is 117 Å². The molecule has 0 saturated carbocycles. The molecule has 0 spiro atoms. The first-order valence-electron chi connectivity index (χ1n) is 15.6. The van der Waals surface area contributed by atoms with Gasteiger partial charge in [-0.15, -0.1) is 0 Å². The molecular weight excluding hydrogens is 623 g/mol. The summed E-state index contributed by atoms with van der Waals surface area (Å²) in [5.74, 6) is -1.15. The third kappa shape index (κ3) is 10.0. The quantitative estimate of drug-likeness (QED) is 0.353. The predicted octanol–water partition coefficient (Wildman–Crippen LogP) is 4.59. The number of hydrogen-bond acceptors (Lipinski definition) is 7. The number of rotatable bonds is 8. The molecule has 0 fully saturated rings. The van der Waals surface area contributed by atoms with Gasteiger partial charge in [0.1, 0.15) is 11.8 Å². The fourth-order valence-corrected chi connectivity index (χ4v) is 7.19. The maximum atomic E-state index is 13.7. The van der Waals surface area contributed by atoms with E-state index in [1.807, 2.05) is 62.4 Å². The number of fused-ring (bicyclic) bond motifs is 5. The van der Waals surface area contributed by atoms with Gasteiger partial charge in [0.2, 0.25) is 15.9 Å². The van der Waals surface area contributed by atoms with Gasteiger partial charge in [-0.3, -0.25) is 4.79 Å². The molecule has 46 heavy (non-hydrogen) atoms. The number of nitrogens with one attached hydrogen (secondary N) is 2. The number of allylic oxidation sites excluding steroid dienone is 1. The lowest BCUT2D eigenvalue weighted by molar-refractivity contribution is -0.130. The van der Waals surface area contributed by atoms with E-state index in [1.54, 1.807) is 12.2 Å². The van der Waals surface area contributed by atoms with Crippen LogP contribution in [0, 0.1) is 0 Å². The number of aliphatic hydroxyl groups is 1. The van der Waals surface area contributed by atoms with E-state index in [0.717, 1.165) is 33.8 Å². The zero-order valence-electron chi connectivity index (χ0n) is 26.4. The third-order valence-corrected chi connectivity index (χ3v) is 10.1. The molecule has 0 aromatic heterocycles. The van der Waals surface area contributed by atoms with Crippen LogP contribution in [0.2, 0.25) is 0 Å². The Morgan fingerprint density at radius 2 is 1.85 bits per heavy atom. The first-order valence-corrected chi connectivity index (χ1v) is 17.2. The maximum absolute atomic E-state index is 13.7. The predicted molar refractivity (Wildman–Crippen MR) is 169 cm³/mol. The van der Waals surface area contributed by atoms with E-state index >= 15 is 0 Å². The number of β-amino-alcohol motifs (C(OH)–C–C–N with tert-alkyl or cyclic N) is 1. The molecule has 1 amide bonds. The summed E-state index contributed by atoms with van der Waals surface area (Å²) in [6.45, 7) is 4.25. The van der Waals surface area contributed by atoms with Crippen molar-refractivity contribution >= 4 is 15.9 Å². The van der Waals surface area contributed by atoms with E-state index in [1.165, 1.54) is 0 Å². The van der Waals surface area contributed by atoms with Gasteiger partial charge in [-0.05, 0) is 68.4 Å². The molecule has 254 valence electrons. The van der Waals surface area contributed by atoms with Gasteiger partial charge in [0.15, 0.2) is 0 Å². The van der Waals surface area contributed by atoms with Crippen LogP contribution in [-0.4, -0.2) is 80.2 Å². The van der Waals surface area contributed by atoms with Crippen molar-refractivity contribution < 1.29 is 41.0 Å². The molecule has 2 bridgehead atoms. The lowest BCUT2D eigenvalue weighted by atomic mass is 9.99. The van der Waals surface area contributed by atoms with E-state index in [0.29, 0.717) is 6.42 Å². The minimum atomic E-state index is -4.67. The molecule has 13 heteroatoms. The molecule has 0 saturated heterocycles. The summed E-state index contributed by atoms with van der Waals surface area (Å²) in [5, 5.41) is 17.7. The molecule has 1 aliphatic carbocycles. The van der Waals surface area contributed by atoms with Crippen LogP contribution in [0.1, 0.15) is 68.4 Å². The molecule has 2 aromatic carbocycles. The molecule has 4 rings (SSSR count). The Hall–Kier alpha value is -2.97. The number of hydrogen-bond donors (Lipinski definition) is 3. The summed E-state index contributed by atoms with van der Waals surface area (Å²) in [7, 11) is -3.31. The number of halogens is 3. The highest BCUT2D eigenvalue weighted by Crippen LogP contribution is 2.42. The Bertz CT molecular complexity index is 1440. The van der Waals surface area contributed by atoms with E-state index in [4.69, 9.17) is 9.47 Å². The number of benzene rings is 2. The smallest absolute Gasteiger partial charge is 0.390 e. The molecular formula is C33H44F3N3O6S. The van der Waals surface area contributed by atoms with Crippen molar-refractivity contribution in [2.75, 3.05) is 26.0 Å². The number of amides is 1. The molecule has 1 heterocycles. The second-order valence-electron chi connectivity index (χ2n) is 12.1. The summed E-state index contributed by atoms with van der Waals surface area (Å²) in [4.78, 5) is 13.7. The van der Waals surface area contributed by atoms with Gasteiger partial charge >= 0.3 is 6.18 Å². The van der Waals surface area contributed by atoms with Crippen molar-refractivity contribution in [1.29, 1.82) is 0 Å². The number of sulfonamides is 1. The Morgan fingerprint density at radius 3 is 2.54 bits per heavy atom. The average molecular weight is 668 g/mol. The van der Waals surface area contributed by atoms with Crippen LogP contribution in [-0.2, 0) is 26.0 Å². The normalized spacial score (nSPS) is 25.7. The molecule has 0 radical (unpaired) electrons. The molecule has 2 aromatic rings. The number of alkyl halides is 3. The Balaban J connectivity index is 1.62. The molecule has 9 nitrogen and oxygen atoms in total. The van der Waals surface area contributed by atoms with Crippen molar-refractivity contribution in [1.82, 2.24) is 14.9 Å². The SMILES string of the molecule is CC(C)Oc1ccc2c(c1)[C@H]1C[C@@H]2OC/C=C\CC[C@@H](N(C)S(=O)(=O)CCC(F)(F)F)C(=O)N[C@@H](Cc2ccccc2)[C@H](O)CN1. The highest BCUT2D eigenvalue weighted by molar-refractivity contribution is 7.89. The lowest BCUT2D eigenvalue weighted by Crippen LogP contribution is -2.55. The van der Waals surface area contributed by atoms with E-state index in [-0.39, 0.29) is 50.7 Å². The zero-order valence-corrected chi connectivity index (χ0v) is 27.2. The van der Waals surface area contributed by atoms with Crippen LogP contribution < -0.4 is 15.4 Å². The average Bonchev–Trinajstić information content (AvgIpc) is 3.33. The van der Waals surface area contributed by atoms with Gasteiger partial charge in [0, 0.05) is 19.6 Å². The molecule has 1 aliphatic heterocycles. The highest BCUT2D eigenvalue weighted by atomic mass is 32.2. The third-order valence-electron chi connectivity index (χ3n) is 8.26.